The number of halogens is 1. The zero-order valence-corrected chi connectivity index (χ0v) is 13.1. The lowest BCUT2D eigenvalue weighted by Crippen LogP contribution is -2.39. The molecule has 0 spiro atoms. The number of hydrogen-bond acceptors (Lipinski definition) is 2. The Hall–Kier alpha value is -0.540. The first kappa shape index (κ1) is 15.5. The minimum atomic E-state index is 0. The molecule has 1 atom stereocenters. The fraction of sp³-hybridized carbons (Fsp3) is 0.600. The molecule has 1 aliphatic carbocycles. The van der Waals surface area contributed by atoms with Crippen molar-refractivity contribution in [3.05, 3.63) is 29.3 Å². The molecular weight excluding hydrogens is 290 g/mol. The number of fused-ring (bicyclic) bond motifs is 1. The molecule has 18 heavy (non-hydrogen) atoms. The van der Waals surface area contributed by atoms with Gasteiger partial charge in [0.15, 0.2) is 0 Å². The molecule has 102 valence electrons. The van der Waals surface area contributed by atoms with Crippen LogP contribution in [-0.2, 0) is 12.8 Å². The predicted octanol–water partition coefficient (Wildman–Crippen LogP) is 3.56. The van der Waals surface area contributed by atoms with Crippen molar-refractivity contribution in [3.8, 4) is 5.75 Å². The molecule has 1 aliphatic rings. The van der Waals surface area contributed by atoms with E-state index in [-0.39, 0.29) is 17.0 Å². The predicted molar refractivity (Wildman–Crippen MR) is 81.8 cm³/mol. The zero-order valence-electron chi connectivity index (χ0n) is 11.4. The third-order valence-corrected chi connectivity index (χ3v) is 3.86. The summed E-state index contributed by atoms with van der Waals surface area (Å²) in [6, 6.07) is 6.60. The van der Waals surface area contributed by atoms with Gasteiger partial charge in [0.2, 0.25) is 0 Å². The Labute approximate surface area is 121 Å². The number of rotatable bonds is 4. The number of phenols is 1. The van der Waals surface area contributed by atoms with Gasteiger partial charge in [-0.3, -0.25) is 0 Å². The van der Waals surface area contributed by atoms with Gasteiger partial charge in [0.25, 0.3) is 0 Å². The van der Waals surface area contributed by atoms with E-state index in [1.165, 1.54) is 30.5 Å². The van der Waals surface area contributed by atoms with E-state index in [2.05, 4.69) is 24.8 Å². The number of hydrogen-bond donors (Lipinski definition) is 1. The van der Waals surface area contributed by atoms with E-state index >= 15 is 0 Å². The van der Waals surface area contributed by atoms with Gasteiger partial charge in [0.05, 0.1) is 0 Å². The van der Waals surface area contributed by atoms with Crippen molar-refractivity contribution in [2.75, 3.05) is 13.1 Å². The maximum atomic E-state index is 9.83. The largest absolute Gasteiger partial charge is 0.508 e. The van der Waals surface area contributed by atoms with Crippen LogP contribution in [0.1, 0.15) is 37.8 Å². The summed E-state index contributed by atoms with van der Waals surface area (Å²) in [6.45, 7) is 6.81. The summed E-state index contributed by atoms with van der Waals surface area (Å²) in [5.41, 5.74) is 2.52. The summed E-state index contributed by atoms with van der Waals surface area (Å²) in [5, 5.41) is 9.83. The Morgan fingerprint density at radius 3 is 2.78 bits per heavy atom. The minimum Gasteiger partial charge on any atom is -0.508 e. The van der Waals surface area contributed by atoms with Crippen LogP contribution >= 0.6 is 17.0 Å². The van der Waals surface area contributed by atoms with Crippen LogP contribution in [0, 0.1) is 0 Å². The Morgan fingerprint density at radius 2 is 2.11 bits per heavy atom. The van der Waals surface area contributed by atoms with Crippen molar-refractivity contribution in [3.63, 3.8) is 0 Å². The third-order valence-electron chi connectivity index (χ3n) is 3.86. The van der Waals surface area contributed by atoms with Crippen LogP contribution in [0.25, 0.3) is 0 Å². The van der Waals surface area contributed by atoms with Crippen LogP contribution in [0.2, 0.25) is 0 Å². The summed E-state index contributed by atoms with van der Waals surface area (Å²) < 4.78 is 0. The molecule has 0 aliphatic heterocycles. The fourth-order valence-electron chi connectivity index (χ4n) is 2.97. The van der Waals surface area contributed by atoms with Crippen LogP contribution < -0.4 is 0 Å². The second-order valence-electron chi connectivity index (χ2n) is 4.94. The van der Waals surface area contributed by atoms with Crippen molar-refractivity contribution < 1.29 is 5.11 Å². The molecule has 0 radical (unpaired) electrons. The molecule has 0 bridgehead atoms. The standard InChI is InChI=1S/C15H23NO.BrH/c1-3-10-16(4-2)13-8-9-14-12(11-13)6-5-7-15(14)17;/h5-7,13,17H,3-4,8-11H2,1-2H3;1H/t13-;/m1./s1. The molecule has 1 aromatic rings. The van der Waals surface area contributed by atoms with E-state index in [0.29, 0.717) is 11.8 Å². The molecule has 0 aromatic heterocycles. The van der Waals surface area contributed by atoms with Gasteiger partial charge in [-0.25, -0.2) is 0 Å². The third kappa shape index (κ3) is 3.27. The summed E-state index contributed by atoms with van der Waals surface area (Å²) in [6.07, 6.45) is 4.51. The van der Waals surface area contributed by atoms with E-state index in [4.69, 9.17) is 0 Å². The number of likely N-dealkylation sites (N-methyl/N-ethyl adjacent to an activating group) is 1. The van der Waals surface area contributed by atoms with Crippen molar-refractivity contribution in [1.29, 1.82) is 0 Å². The molecule has 0 unspecified atom stereocenters. The molecule has 0 saturated heterocycles. The summed E-state index contributed by atoms with van der Waals surface area (Å²) >= 11 is 0. The molecule has 3 heteroatoms. The Balaban J connectivity index is 0.00000162. The monoisotopic (exact) mass is 313 g/mol. The highest BCUT2D eigenvalue weighted by Gasteiger charge is 2.24. The van der Waals surface area contributed by atoms with Gasteiger partial charge in [-0.15, -0.1) is 17.0 Å². The molecule has 0 fully saturated rings. The van der Waals surface area contributed by atoms with E-state index in [0.717, 1.165) is 19.4 Å². The molecule has 2 nitrogen and oxygen atoms in total. The average molecular weight is 314 g/mol. The molecule has 1 N–H and O–H groups in total. The van der Waals surface area contributed by atoms with Crippen molar-refractivity contribution >= 4 is 17.0 Å². The highest BCUT2D eigenvalue weighted by molar-refractivity contribution is 8.93. The van der Waals surface area contributed by atoms with Gasteiger partial charge in [0, 0.05) is 6.04 Å². The fourth-order valence-corrected chi connectivity index (χ4v) is 2.97. The van der Waals surface area contributed by atoms with E-state index in [1.54, 1.807) is 0 Å². The van der Waals surface area contributed by atoms with Crippen LogP contribution in [0.4, 0.5) is 0 Å². The Bertz CT molecular complexity index is 381. The highest BCUT2D eigenvalue weighted by atomic mass is 79.9. The molecule has 0 saturated carbocycles. The maximum Gasteiger partial charge on any atom is 0.119 e. The number of phenolic OH excluding ortho intramolecular Hbond substituents is 1. The molecule has 0 heterocycles. The number of benzene rings is 1. The first-order chi connectivity index (χ1) is 8.26. The van der Waals surface area contributed by atoms with Crippen LogP contribution in [0.5, 0.6) is 5.75 Å². The van der Waals surface area contributed by atoms with Crippen LogP contribution in [-0.4, -0.2) is 29.1 Å². The minimum absolute atomic E-state index is 0. The van der Waals surface area contributed by atoms with Crippen LogP contribution in [0.3, 0.4) is 0 Å². The lowest BCUT2D eigenvalue weighted by molar-refractivity contribution is 0.188. The van der Waals surface area contributed by atoms with Crippen molar-refractivity contribution in [1.82, 2.24) is 4.90 Å². The molecule has 2 rings (SSSR count). The smallest absolute Gasteiger partial charge is 0.119 e. The first-order valence-corrected chi connectivity index (χ1v) is 6.80. The Morgan fingerprint density at radius 1 is 1.33 bits per heavy atom. The molecule has 1 aromatic carbocycles. The second-order valence-corrected chi connectivity index (χ2v) is 4.94. The summed E-state index contributed by atoms with van der Waals surface area (Å²) in [5.74, 6) is 0.486. The van der Waals surface area contributed by atoms with Gasteiger partial charge >= 0.3 is 0 Å². The SMILES string of the molecule is Br.CCCN(CC)[C@@H]1CCc2c(O)cccc2C1. The number of aromatic hydroxyl groups is 1. The topological polar surface area (TPSA) is 23.5 Å². The van der Waals surface area contributed by atoms with Gasteiger partial charge < -0.3 is 10.0 Å². The summed E-state index contributed by atoms with van der Waals surface area (Å²) in [4.78, 5) is 2.58. The van der Waals surface area contributed by atoms with E-state index in [9.17, 15) is 5.11 Å². The van der Waals surface area contributed by atoms with E-state index in [1.807, 2.05) is 12.1 Å². The average Bonchev–Trinajstić information content (AvgIpc) is 2.36. The molecular formula is C15H24BrNO. The second kappa shape index (κ2) is 7.15. The van der Waals surface area contributed by atoms with Gasteiger partial charge in [-0.05, 0) is 56.0 Å². The summed E-state index contributed by atoms with van der Waals surface area (Å²) in [7, 11) is 0. The highest BCUT2D eigenvalue weighted by Crippen LogP contribution is 2.30. The van der Waals surface area contributed by atoms with Gasteiger partial charge in [-0.1, -0.05) is 26.0 Å². The van der Waals surface area contributed by atoms with Crippen molar-refractivity contribution in [2.45, 2.75) is 45.6 Å². The van der Waals surface area contributed by atoms with Gasteiger partial charge in [0.1, 0.15) is 5.75 Å². The van der Waals surface area contributed by atoms with Crippen molar-refractivity contribution in [2.24, 2.45) is 0 Å². The normalized spacial score (nSPS) is 18.3. The number of nitrogens with zero attached hydrogens (tertiary/aromatic N) is 1. The molecule has 0 amide bonds. The lowest BCUT2D eigenvalue weighted by atomic mass is 9.87. The maximum absolute atomic E-state index is 9.83. The van der Waals surface area contributed by atoms with E-state index < -0.39 is 0 Å². The lowest BCUT2D eigenvalue weighted by Gasteiger charge is -2.34. The quantitative estimate of drug-likeness (QED) is 0.918. The van der Waals surface area contributed by atoms with Crippen LogP contribution in [0.15, 0.2) is 18.2 Å². The zero-order chi connectivity index (χ0) is 12.3. The first-order valence-electron chi connectivity index (χ1n) is 6.80. The van der Waals surface area contributed by atoms with Gasteiger partial charge in [-0.2, -0.15) is 0 Å². The Kier molecular flexibility index (Phi) is 6.16.